The third-order valence-electron chi connectivity index (χ3n) is 4.32. The van der Waals surface area contributed by atoms with Gasteiger partial charge in [0.25, 0.3) is 5.88 Å². The van der Waals surface area contributed by atoms with Crippen molar-refractivity contribution in [3.8, 4) is 5.88 Å². The summed E-state index contributed by atoms with van der Waals surface area (Å²) in [4.78, 5) is 36.6. The van der Waals surface area contributed by atoms with E-state index in [1.807, 2.05) is 25.3 Å². The average Bonchev–Trinajstić information content (AvgIpc) is 2.64. The molecule has 8 nitrogen and oxygen atoms in total. The van der Waals surface area contributed by atoms with Gasteiger partial charge in [0.1, 0.15) is 12.1 Å². The van der Waals surface area contributed by atoms with Crippen molar-refractivity contribution in [1.29, 1.82) is 0 Å². The van der Waals surface area contributed by atoms with Crippen molar-refractivity contribution in [3.05, 3.63) is 12.4 Å². The molecule has 1 fully saturated rings. The van der Waals surface area contributed by atoms with E-state index in [2.05, 4.69) is 15.3 Å². The van der Waals surface area contributed by atoms with Crippen LogP contribution in [0.15, 0.2) is 12.4 Å². The minimum atomic E-state index is -0.484. The Labute approximate surface area is 165 Å². The summed E-state index contributed by atoms with van der Waals surface area (Å²) in [6.45, 7) is 2.60. The number of nitrogens with zero attached hydrogens (tertiary/aromatic N) is 4. The Kier molecular flexibility index (Phi) is 8.15. The van der Waals surface area contributed by atoms with Crippen molar-refractivity contribution < 1.29 is 14.3 Å². The summed E-state index contributed by atoms with van der Waals surface area (Å²) in [5, 5.41) is 2.79. The van der Waals surface area contributed by atoms with Crippen molar-refractivity contribution in [3.63, 3.8) is 0 Å². The molecule has 27 heavy (non-hydrogen) atoms. The molecule has 9 heteroatoms. The number of piperidine rings is 1. The van der Waals surface area contributed by atoms with Crippen molar-refractivity contribution in [2.45, 2.75) is 38.3 Å². The lowest BCUT2D eigenvalue weighted by atomic mass is 10.1. The SMILES string of the molecule is CSCC[C@@H](NC(C)=O)C(=O)N1CCC[C@@H](Oc2nccnc2N(C)C)C1. The van der Waals surface area contributed by atoms with Crippen LogP contribution < -0.4 is 15.0 Å². The zero-order chi connectivity index (χ0) is 19.8. The fourth-order valence-electron chi connectivity index (χ4n) is 3.06. The van der Waals surface area contributed by atoms with Crippen LogP contribution in [0.5, 0.6) is 5.88 Å². The highest BCUT2D eigenvalue weighted by Crippen LogP contribution is 2.24. The minimum absolute atomic E-state index is 0.0421. The van der Waals surface area contributed by atoms with Gasteiger partial charge in [0.15, 0.2) is 5.82 Å². The Morgan fingerprint density at radius 2 is 2.15 bits per heavy atom. The van der Waals surface area contributed by atoms with Crippen molar-refractivity contribution in [2.75, 3.05) is 44.1 Å². The molecule has 0 bridgehead atoms. The first kappa shape index (κ1) is 21.3. The summed E-state index contributed by atoms with van der Waals surface area (Å²) < 4.78 is 6.07. The number of ether oxygens (including phenoxy) is 1. The summed E-state index contributed by atoms with van der Waals surface area (Å²) in [7, 11) is 3.77. The second kappa shape index (κ2) is 10.3. The van der Waals surface area contributed by atoms with E-state index in [0.29, 0.717) is 31.2 Å². The second-order valence-electron chi connectivity index (χ2n) is 6.78. The fourth-order valence-corrected chi connectivity index (χ4v) is 3.53. The summed E-state index contributed by atoms with van der Waals surface area (Å²) in [5.74, 6) is 1.73. The van der Waals surface area contributed by atoms with Gasteiger partial charge in [0.05, 0.1) is 6.54 Å². The molecular formula is C18H29N5O3S. The van der Waals surface area contributed by atoms with Crippen LogP contribution in [-0.4, -0.2) is 78.0 Å². The molecular weight excluding hydrogens is 366 g/mol. The van der Waals surface area contributed by atoms with Gasteiger partial charge >= 0.3 is 0 Å². The molecule has 1 saturated heterocycles. The molecule has 2 rings (SSSR count). The number of thioether (sulfide) groups is 1. The van der Waals surface area contributed by atoms with Crippen LogP contribution in [0, 0.1) is 0 Å². The molecule has 0 aromatic carbocycles. The number of likely N-dealkylation sites (tertiary alicyclic amines) is 1. The van der Waals surface area contributed by atoms with E-state index in [4.69, 9.17) is 4.74 Å². The number of hydrogen-bond acceptors (Lipinski definition) is 7. The monoisotopic (exact) mass is 395 g/mol. The molecule has 0 saturated carbocycles. The van der Waals surface area contributed by atoms with E-state index < -0.39 is 6.04 Å². The van der Waals surface area contributed by atoms with Gasteiger partial charge in [-0.15, -0.1) is 0 Å². The summed E-state index contributed by atoms with van der Waals surface area (Å²) >= 11 is 1.66. The van der Waals surface area contributed by atoms with Crippen LogP contribution in [0.4, 0.5) is 5.82 Å². The Hall–Kier alpha value is -2.03. The van der Waals surface area contributed by atoms with E-state index in [1.54, 1.807) is 29.1 Å². The molecule has 2 heterocycles. The Morgan fingerprint density at radius 1 is 1.41 bits per heavy atom. The van der Waals surface area contributed by atoms with E-state index in [9.17, 15) is 9.59 Å². The number of rotatable bonds is 8. The van der Waals surface area contributed by atoms with Crippen LogP contribution in [0.3, 0.4) is 0 Å². The molecule has 1 aromatic rings. The number of aromatic nitrogens is 2. The highest BCUT2D eigenvalue weighted by Gasteiger charge is 2.30. The Balaban J connectivity index is 2.03. The van der Waals surface area contributed by atoms with Crippen LogP contribution in [0.1, 0.15) is 26.2 Å². The maximum Gasteiger partial charge on any atom is 0.257 e. The van der Waals surface area contributed by atoms with Gasteiger partial charge in [-0.05, 0) is 31.3 Å². The molecule has 0 aliphatic carbocycles. The van der Waals surface area contributed by atoms with E-state index in [0.717, 1.165) is 18.6 Å². The molecule has 2 amide bonds. The third kappa shape index (κ3) is 6.27. The lowest BCUT2D eigenvalue weighted by molar-refractivity contribution is -0.138. The lowest BCUT2D eigenvalue weighted by Crippen LogP contribution is -2.53. The average molecular weight is 396 g/mol. The van der Waals surface area contributed by atoms with Crippen LogP contribution in [0.25, 0.3) is 0 Å². The first-order chi connectivity index (χ1) is 12.9. The standard InChI is InChI=1S/C18H29N5O3S/c1-13(24)21-15(7-11-27-4)18(25)23-10-5-6-14(12-23)26-17-16(22(2)3)19-8-9-20-17/h8-9,14-15H,5-7,10-12H2,1-4H3,(H,21,24)/t14-,15-/m1/s1. The third-order valence-corrected chi connectivity index (χ3v) is 4.97. The van der Waals surface area contributed by atoms with Crippen molar-refractivity contribution >= 4 is 29.4 Å². The number of carbonyl (C=O) groups excluding carboxylic acids is 2. The van der Waals surface area contributed by atoms with Gasteiger partial charge in [0.2, 0.25) is 11.8 Å². The predicted octanol–water partition coefficient (Wildman–Crippen LogP) is 1.17. The quantitative estimate of drug-likeness (QED) is 0.707. The molecule has 1 aliphatic rings. The van der Waals surface area contributed by atoms with E-state index in [1.165, 1.54) is 6.92 Å². The van der Waals surface area contributed by atoms with Crippen LogP contribution >= 0.6 is 11.8 Å². The normalized spacial score (nSPS) is 17.9. The number of amides is 2. The smallest absolute Gasteiger partial charge is 0.257 e. The molecule has 0 radical (unpaired) electrons. The predicted molar refractivity (Wildman–Crippen MR) is 107 cm³/mol. The second-order valence-corrected chi connectivity index (χ2v) is 7.77. The molecule has 1 aliphatic heterocycles. The van der Waals surface area contributed by atoms with Crippen LogP contribution in [0.2, 0.25) is 0 Å². The Morgan fingerprint density at radius 3 is 2.81 bits per heavy atom. The summed E-state index contributed by atoms with van der Waals surface area (Å²) in [6.07, 6.45) is 7.40. The first-order valence-corrected chi connectivity index (χ1v) is 10.5. The fraction of sp³-hybridized carbons (Fsp3) is 0.667. The topological polar surface area (TPSA) is 87.7 Å². The van der Waals surface area contributed by atoms with E-state index >= 15 is 0 Å². The lowest BCUT2D eigenvalue weighted by Gasteiger charge is -2.35. The summed E-state index contributed by atoms with van der Waals surface area (Å²) in [6, 6.07) is -0.484. The van der Waals surface area contributed by atoms with Gasteiger partial charge in [-0.25, -0.2) is 9.97 Å². The van der Waals surface area contributed by atoms with Crippen LogP contribution in [-0.2, 0) is 9.59 Å². The molecule has 1 N–H and O–H groups in total. The molecule has 0 spiro atoms. The van der Waals surface area contributed by atoms with Gasteiger partial charge in [-0.1, -0.05) is 0 Å². The summed E-state index contributed by atoms with van der Waals surface area (Å²) in [5.41, 5.74) is 0. The van der Waals surface area contributed by atoms with Crippen molar-refractivity contribution in [2.24, 2.45) is 0 Å². The maximum atomic E-state index is 12.9. The maximum absolute atomic E-state index is 12.9. The number of hydrogen-bond donors (Lipinski definition) is 1. The van der Waals surface area contributed by atoms with Gasteiger partial charge in [0, 0.05) is 40.0 Å². The molecule has 0 unspecified atom stereocenters. The highest BCUT2D eigenvalue weighted by atomic mass is 32.2. The van der Waals surface area contributed by atoms with Gasteiger partial charge in [-0.3, -0.25) is 9.59 Å². The zero-order valence-corrected chi connectivity index (χ0v) is 17.3. The molecule has 1 aromatic heterocycles. The first-order valence-electron chi connectivity index (χ1n) is 9.12. The minimum Gasteiger partial charge on any atom is -0.470 e. The molecule has 150 valence electrons. The molecule has 2 atom stereocenters. The largest absolute Gasteiger partial charge is 0.470 e. The Bertz CT molecular complexity index is 643. The highest BCUT2D eigenvalue weighted by molar-refractivity contribution is 7.98. The van der Waals surface area contributed by atoms with Gasteiger partial charge < -0.3 is 19.9 Å². The van der Waals surface area contributed by atoms with Gasteiger partial charge in [-0.2, -0.15) is 11.8 Å². The zero-order valence-electron chi connectivity index (χ0n) is 16.5. The van der Waals surface area contributed by atoms with Crippen molar-refractivity contribution in [1.82, 2.24) is 20.2 Å². The van der Waals surface area contributed by atoms with E-state index in [-0.39, 0.29) is 17.9 Å². The number of carbonyl (C=O) groups is 2. The number of nitrogens with one attached hydrogen (secondary N) is 1. The number of anilines is 1.